The lowest BCUT2D eigenvalue weighted by Gasteiger charge is -2.21. The summed E-state index contributed by atoms with van der Waals surface area (Å²) in [6.45, 7) is 3.02. The molecule has 0 saturated carbocycles. The van der Waals surface area contributed by atoms with Gasteiger partial charge in [-0.1, -0.05) is 6.92 Å². The number of benzene rings is 1. The van der Waals surface area contributed by atoms with E-state index in [2.05, 4.69) is 10.2 Å². The third-order valence-corrected chi connectivity index (χ3v) is 2.84. The van der Waals surface area contributed by atoms with Crippen LogP contribution in [0.15, 0.2) is 24.4 Å². The van der Waals surface area contributed by atoms with E-state index in [1.165, 1.54) is 0 Å². The fourth-order valence-electron chi connectivity index (χ4n) is 1.96. The van der Waals surface area contributed by atoms with Gasteiger partial charge < -0.3 is 10.0 Å². The molecule has 0 bridgehead atoms. The summed E-state index contributed by atoms with van der Waals surface area (Å²) in [5, 5.41) is 16.7. The summed E-state index contributed by atoms with van der Waals surface area (Å²) in [7, 11) is 0. The van der Waals surface area contributed by atoms with Crippen molar-refractivity contribution < 1.29 is 9.90 Å². The summed E-state index contributed by atoms with van der Waals surface area (Å²) in [4.78, 5) is 13.9. The third kappa shape index (κ3) is 2.51. The van der Waals surface area contributed by atoms with Crippen LogP contribution in [0.2, 0.25) is 0 Å². The SMILES string of the molecule is CCCN(CCO)C(=O)c1ccc2[nH]ncc2c1. The number of carbonyl (C=O) groups is 1. The summed E-state index contributed by atoms with van der Waals surface area (Å²) in [5.74, 6) is -0.0472. The number of H-pyrrole nitrogens is 1. The van der Waals surface area contributed by atoms with Crippen LogP contribution in [0, 0.1) is 0 Å². The lowest BCUT2D eigenvalue weighted by molar-refractivity contribution is 0.0722. The molecule has 0 aliphatic heterocycles. The first kappa shape index (κ1) is 12.6. The van der Waals surface area contributed by atoms with Gasteiger partial charge in [0.25, 0.3) is 5.91 Å². The first-order valence-corrected chi connectivity index (χ1v) is 6.09. The van der Waals surface area contributed by atoms with Crippen molar-refractivity contribution in [1.82, 2.24) is 15.1 Å². The number of nitrogens with one attached hydrogen (secondary N) is 1. The minimum Gasteiger partial charge on any atom is -0.395 e. The second-order valence-corrected chi connectivity index (χ2v) is 4.19. The maximum absolute atomic E-state index is 12.3. The van der Waals surface area contributed by atoms with Crippen LogP contribution < -0.4 is 0 Å². The molecule has 5 heteroatoms. The van der Waals surface area contributed by atoms with E-state index in [4.69, 9.17) is 5.11 Å². The van der Waals surface area contributed by atoms with Crippen molar-refractivity contribution in [2.24, 2.45) is 0 Å². The van der Waals surface area contributed by atoms with Gasteiger partial charge in [0.1, 0.15) is 0 Å². The van der Waals surface area contributed by atoms with Gasteiger partial charge in [-0.15, -0.1) is 0 Å². The van der Waals surface area contributed by atoms with Gasteiger partial charge in [0.15, 0.2) is 0 Å². The van der Waals surface area contributed by atoms with Gasteiger partial charge >= 0.3 is 0 Å². The number of aliphatic hydroxyl groups excluding tert-OH is 1. The van der Waals surface area contributed by atoms with Crippen molar-refractivity contribution in [3.8, 4) is 0 Å². The predicted molar refractivity (Wildman–Crippen MR) is 69.4 cm³/mol. The summed E-state index contributed by atoms with van der Waals surface area (Å²) in [5.41, 5.74) is 1.54. The molecule has 5 nitrogen and oxygen atoms in total. The van der Waals surface area contributed by atoms with Gasteiger partial charge in [-0.3, -0.25) is 9.89 Å². The van der Waals surface area contributed by atoms with Gasteiger partial charge in [-0.2, -0.15) is 5.10 Å². The first-order chi connectivity index (χ1) is 8.76. The molecule has 0 aliphatic carbocycles. The average Bonchev–Trinajstić information content (AvgIpc) is 2.84. The van der Waals surface area contributed by atoms with Gasteiger partial charge in [0.05, 0.1) is 18.3 Å². The van der Waals surface area contributed by atoms with E-state index in [0.717, 1.165) is 17.3 Å². The van der Waals surface area contributed by atoms with Crippen LogP contribution in [0.5, 0.6) is 0 Å². The van der Waals surface area contributed by atoms with Crippen LogP contribution in [0.25, 0.3) is 10.9 Å². The Morgan fingerprint density at radius 3 is 3.00 bits per heavy atom. The van der Waals surface area contributed by atoms with E-state index < -0.39 is 0 Å². The van der Waals surface area contributed by atoms with Crippen LogP contribution in [0.4, 0.5) is 0 Å². The number of amides is 1. The number of fused-ring (bicyclic) bond motifs is 1. The largest absolute Gasteiger partial charge is 0.395 e. The summed E-state index contributed by atoms with van der Waals surface area (Å²) in [6.07, 6.45) is 2.57. The van der Waals surface area contributed by atoms with Gasteiger partial charge in [0.2, 0.25) is 0 Å². The van der Waals surface area contributed by atoms with Crippen molar-refractivity contribution in [2.45, 2.75) is 13.3 Å². The van der Waals surface area contributed by atoms with Crippen molar-refractivity contribution in [2.75, 3.05) is 19.7 Å². The molecule has 96 valence electrons. The van der Waals surface area contributed by atoms with E-state index >= 15 is 0 Å². The Kier molecular flexibility index (Phi) is 3.94. The molecule has 2 N–H and O–H groups in total. The smallest absolute Gasteiger partial charge is 0.253 e. The van der Waals surface area contributed by atoms with Crippen LogP contribution >= 0.6 is 0 Å². The highest BCUT2D eigenvalue weighted by molar-refractivity contribution is 5.97. The minimum atomic E-state index is -0.0472. The van der Waals surface area contributed by atoms with Gasteiger partial charge in [0, 0.05) is 24.0 Å². The van der Waals surface area contributed by atoms with Crippen molar-refractivity contribution in [3.05, 3.63) is 30.0 Å². The summed E-state index contributed by atoms with van der Waals surface area (Å²) < 4.78 is 0. The van der Waals surface area contributed by atoms with E-state index in [0.29, 0.717) is 18.7 Å². The molecule has 0 fully saturated rings. The Balaban J connectivity index is 2.24. The normalized spacial score (nSPS) is 10.8. The van der Waals surface area contributed by atoms with Crippen LogP contribution in [0.3, 0.4) is 0 Å². The molecule has 1 heterocycles. The zero-order valence-electron chi connectivity index (χ0n) is 10.4. The summed E-state index contributed by atoms with van der Waals surface area (Å²) in [6, 6.07) is 5.45. The molecule has 0 spiro atoms. The van der Waals surface area contributed by atoms with Gasteiger partial charge in [-0.25, -0.2) is 0 Å². The van der Waals surface area contributed by atoms with E-state index in [-0.39, 0.29) is 12.5 Å². The molecular weight excluding hydrogens is 230 g/mol. The topological polar surface area (TPSA) is 69.2 Å². The zero-order chi connectivity index (χ0) is 13.0. The number of hydrogen-bond donors (Lipinski definition) is 2. The Hall–Kier alpha value is -1.88. The molecule has 0 unspecified atom stereocenters. The number of hydrogen-bond acceptors (Lipinski definition) is 3. The van der Waals surface area contributed by atoms with Crippen molar-refractivity contribution in [1.29, 1.82) is 0 Å². The summed E-state index contributed by atoms with van der Waals surface area (Å²) >= 11 is 0. The predicted octanol–water partition coefficient (Wildman–Crippen LogP) is 1.41. The zero-order valence-corrected chi connectivity index (χ0v) is 10.4. The molecule has 0 saturated heterocycles. The van der Waals surface area contributed by atoms with E-state index in [1.54, 1.807) is 17.2 Å². The van der Waals surface area contributed by atoms with Crippen molar-refractivity contribution in [3.63, 3.8) is 0 Å². The Morgan fingerprint density at radius 2 is 2.28 bits per heavy atom. The molecule has 0 atom stereocenters. The van der Waals surface area contributed by atoms with E-state index in [1.807, 2.05) is 19.1 Å². The monoisotopic (exact) mass is 247 g/mol. The van der Waals surface area contributed by atoms with Crippen LogP contribution in [-0.2, 0) is 0 Å². The lowest BCUT2D eigenvalue weighted by atomic mass is 10.1. The lowest BCUT2D eigenvalue weighted by Crippen LogP contribution is -2.34. The molecule has 1 aromatic carbocycles. The first-order valence-electron chi connectivity index (χ1n) is 6.09. The minimum absolute atomic E-state index is 0.0142. The highest BCUT2D eigenvalue weighted by Gasteiger charge is 2.14. The second kappa shape index (κ2) is 5.64. The fraction of sp³-hybridized carbons (Fsp3) is 0.385. The molecule has 1 amide bonds. The molecule has 2 rings (SSSR count). The van der Waals surface area contributed by atoms with Crippen LogP contribution in [-0.4, -0.2) is 45.8 Å². The molecule has 0 radical (unpaired) electrons. The maximum Gasteiger partial charge on any atom is 0.253 e. The molecule has 0 aliphatic rings. The van der Waals surface area contributed by atoms with Crippen LogP contribution in [0.1, 0.15) is 23.7 Å². The highest BCUT2D eigenvalue weighted by atomic mass is 16.3. The maximum atomic E-state index is 12.3. The Labute approximate surface area is 105 Å². The number of aromatic nitrogens is 2. The Bertz CT molecular complexity index is 530. The number of aliphatic hydroxyl groups is 1. The number of aromatic amines is 1. The number of rotatable bonds is 5. The van der Waals surface area contributed by atoms with Gasteiger partial charge in [-0.05, 0) is 24.6 Å². The molecule has 1 aromatic heterocycles. The number of carbonyl (C=O) groups excluding carboxylic acids is 1. The fourth-order valence-corrected chi connectivity index (χ4v) is 1.96. The molecule has 18 heavy (non-hydrogen) atoms. The molecule has 2 aromatic rings. The second-order valence-electron chi connectivity index (χ2n) is 4.19. The molecular formula is C13H17N3O2. The quantitative estimate of drug-likeness (QED) is 0.839. The Morgan fingerprint density at radius 1 is 1.44 bits per heavy atom. The highest BCUT2D eigenvalue weighted by Crippen LogP contribution is 2.14. The number of nitrogens with zero attached hydrogens (tertiary/aromatic N) is 2. The third-order valence-electron chi connectivity index (χ3n) is 2.84. The van der Waals surface area contributed by atoms with Crippen molar-refractivity contribution >= 4 is 16.8 Å². The average molecular weight is 247 g/mol. The standard InChI is InChI=1S/C13H17N3O2/c1-2-5-16(6-7-17)13(18)10-3-4-12-11(8-10)9-14-15-12/h3-4,8-9,17H,2,5-7H2,1H3,(H,14,15). The van der Waals surface area contributed by atoms with E-state index in [9.17, 15) is 4.79 Å².